The molecular formula is C15H22N4O4. The number of carbonyl (C=O) groups is 3. The Hall–Kier alpha value is -2.38. The molecule has 2 heterocycles. The van der Waals surface area contributed by atoms with Gasteiger partial charge in [0.05, 0.1) is 18.2 Å². The SMILES string of the molecule is C[C@H](C(=O)O)N(C)C(=O)[C@@H]1CCC(=O)N(C)[C@H]1c1cnn(C)c1. The number of likely N-dealkylation sites (N-methyl/N-ethyl adjacent to an activating group) is 1. The number of hydrogen-bond donors (Lipinski definition) is 1. The minimum absolute atomic E-state index is 0.0307. The highest BCUT2D eigenvalue weighted by molar-refractivity contribution is 5.87. The molecule has 0 bridgehead atoms. The van der Waals surface area contributed by atoms with Crippen molar-refractivity contribution in [3.8, 4) is 0 Å². The number of aliphatic carboxylic acids is 1. The van der Waals surface area contributed by atoms with Gasteiger partial charge < -0.3 is 14.9 Å². The third-order valence-electron chi connectivity index (χ3n) is 4.53. The van der Waals surface area contributed by atoms with E-state index in [-0.39, 0.29) is 18.2 Å². The number of carbonyl (C=O) groups excluding carboxylic acids is 2. The van der Waals surface area contributed by atoms with Crippen molar-refractivity contribution in [1.29, 1.82) is 0 Å². The maximum atomic E-state index is 12.8. The van der Waals surface area contributed by atoms with Gasteiger partial charge in [-0.05, 0) is 13.3 Å². The van der Waals surface area contributed by atoms with Crippen molar-refractivity contribution in [2.24, 2.45) is 13.0 Å². The fraction of sp³-hybridized carbons (Fsp3) is 0.600. The van der Waals surface area contributed by atoms with Crippen molar-refractivity contribution in [2.75, 3.05) is 14.1 Å². The van der Waals surface area contributed by atoms with Crippen LogP contribution in [-0.4, -0.2) is 62.6 Å². The molecule has 0 saturated carbocycles. The molecule has 0 aliphatic carbocycles. The van der Waals surface area contributed by atoms with E-state index in [1.807, 2.05) is 0 Å². The maximum Gasteiger partial charge on any atom is 0.326 e. The number of hydrogen-bond acceptors (Lipinski definition) is 4. The number of carboxylic acid groups (broad SMARTS) is 1. The largest absolute Gasteiger partial charge is 0.480 e. The van der Waals surface area contributed by atoms with E-state index in [2.05, 4.69) is 5.10 Å². The summed E-state index contributed by atoms with van der Waals surface area (Å²) in [6, 6.07) is -1.35. The van der Waals surface area contributed by atoms with Gasteiger partial charge in [-0.2, -0.15) is 5.10 Å². The number of aromatic nitrogens is 2. The van der Waals surface area contributed by atoms with Crippen molar-refractivity contribution >= 4 is 17.8 Å². The first-order chi connectivity index (χ1) is 10.7. The lowest BCUT2D eigenvalue weighted by Gasteiger charge is -2.39. The van der Waals surface area contributed by atoms with Gasteiger partial charge >= 0.3 is 5.97 Å². The molecule has 1 aromatic heterocycles. The van der Waals surface area contributed by atoms with Crippen LogP contribution in [0.4, 0.5) is 0 Å². The van der Waals surface area contributed by atoms with Gasteiger partial charge in [0.15, 0.2) is 0 Å². The highest BCUT2D eigenvalue weighted by Crippen LogP contribution is 2.36. The summed E-state index contributed by atoms with van der Waals surface area (Å²) in [5.41, 5.74) is 0.776. The van der Waals surface area contributed by atoms with E-state index >= 15 is 0 Å². The molecule has 1 N–H and O–H groups in total. The molecule has 8 nitrogen and oxygen atoms in total. The first-order valence-corrected chi connectivity index (χ1v) is 7.47. The van der Waals surface area contributed by atoms with Crippen LogP contribution in [-0.2, 0) is 21.4 Å². The minimum atomic E-state index is -1.06. The van der Waals surface area contributed by atoms with Gasteiger partial charge in [-0.15, -0.1) is 0 Å². The molecule has 0 radical (unpaired) electrons. The van der Waals surface area contributed by atoms with Crippen LogP contribution in [0.2, 0.25) is 0 Å². The molecule has 3 atom stereocenters. The summed E-state index contributed by atoms with van der Waals surface area (Å²) in [7, 11) is 4.92. The molecule has 1 fully saturated rings. The lowest BCUT2D eigenvalue weighted by molar-refractivity contribution is -0.154. The second-order valence-electron chi connectivity index (χ2n) is 6.01. The summed E-state index contributed by atoms with van der Waals surface area (Å²) in [5.74, 6) is -1.84. The number of nitrogens with zero attached hydrogens (tertiary/aromatic N) is 4. The van der Waals surface area contributed by atoms with E-state index in [1.165, 1.54) is 18.9 Å². The zero-order valence-electron chi connectivity index (χ0n) is 13.8. The molecule has 0 aromatic carbocycles. The Morgan fingerprint density at radius 3 is 2.61 bits per heavy atom. The van der Waals surface area contributed by atoms with Crippen LogP contribution in [0.5, 0.6) is 0 Å². The quantitative estimate of drug-likeness (QED) is 0.858. The average Bonchev–Trinajstić information content (AvgIpc) is 2.93. The second-order valence-corrected chi connectivity index (χ2v) is 6.01. The standard InChI is InChI=1S/C15H22N4O4/c1-9(15(22)23)18(3)14(21)11-5-6-12(20)19(4)13(11)10-7-16-17(2)8-10/h7-9,11,13H,5-6H2,1-4H3,(H,22,23)/t9-,11-,13+/m1/s1. The molecule has 23 heavy (non-hydrogen) atoms. The summed E-state index contributed by atoms with van der Waals surface area (Å²) in [4.78, 5) is 38.8. The van der Waals surface area contributed by atoms with Crippen LogP contribution in [0, 0.1) is 5.92 Å². The number of carboxylic acids is 1. The third-order valence-corrected chi connectivity index (χ3v) is 4.53. The number of amides is 2. The molecule has 1 aromatic rings. The smallest absolute Gasteiger partial charge is 0.326 e. The number of likely N-dealkylation sites (tertiary alicyclic amines) is 1. The van der Waals surface area contributed by atoms with Crippen LogP contribution in [0.1, 0.15) is 31.4 Å². The fourth-order valence-electron chi connectivity index (χ4n) is 2.96. The molecule has 1 aliphatic heterocycles. The van der Waals surface area contributed by atoms with E-state index in [0.29, 0.717) is 6.42 Å². The second kappa shape index (κ2) is 6.39. The van der Waals surface area contributed by atoms with Gasteiger partial charge in [0.1, 0.15) is 6.04 Å². The van der Waals surface area contributed by atoms with Crippen molar-refractivity contribution < 1.29 is 19.5 Å². The summed E-state index contributed by atoms with van der Waals surface area (Å²) in [6.45, 7) is 1.47. The van der Waals surface area contributed by atoms with Crippen LogP contribution < -0.4 is 0 Å². The zero-order chi connectivity index (χ0) is 17.3. The van der Waals surface area contributed by atoms with E-state index < -0.39 is 24.0 Å². The molecule has 126 valence electrons. The first-order valence-electron chi connectivity index (χ1n) is 7.47. The molecule has 2 amide bonds. The summed E-state index contributed by atoms with van der Waals surface area (Å²) in [5, 5.41) is 13.2. The van der Waals surface area contributed by atoms with Gasteiger partial charge in [-0.1, -0.05) is 0 Å². The summed E-state index contributed by atoms with van der Waals surface area (Å²) >= 11 is 0. The van der Waals surface area contributed by atoms with Gasteiger partial charge in [0, 0.05) is 39.3 Å². The first kappa shape index (κ1) is 17.0. The van der Waals surface area contributed by atoms with Gasteiger partial charge in [0.2, 0.25) is 11.8 Å². The summed E-state index contributed by atoms with van der Waals surface area (Å²) in [6.07, 6.45) is 4.10. The molecule has 8 heteroatoms. The third kappa shape index (κ3) is 3.20. The zero-order valence-corrected chi connectivity index (χ0v) is 13.8. The average molecular weight is 322 g/mol. The Labute approximate surface area is 134 Å². The Balaban J connectivity index is 2.32. The topological polar surface area (TPSA) is 95.7 Å². The molecular weight excluding hydrogens is 300 g/mol. The predicted molar refractivity (Wildman–Crippen MR) is 81.3 cm³/mol. The normalized spacial score (nSPS) is 22.8. The van der Waals surface area contributed by atoms with Crippen molar-refractivity contribution in [3.63, 3.8) is 0 Å². The molecule has 0 unspecified atom stereocenters. The lowest BCUT2D eigenvalue weighted by Crippen LogP contribution is -2.50. The van der Waals surface area contributed by atoms with Crippen molar-refractivity contribution in [1.82, 2.24) is 19.6 Å². The Morgan fingerprint density at radius 1 is 1.43 bits per heavy atom. The maximum absolute atomic E-state index is 12.8. The van der Waals surface area contributed by atoms with E-state index in [0.717, 1.165) is 5.56 Å². The van der Waals surface area contributed by atoms with Crippen molar-refractivity contribution in [3.05, 3.63) is 18.0 Å². The lowest BCUT2D eigenvalue weighted by atomic mass is 9.84. The van der Waals surface area contributed by atoms with Crippen molar-refractivity contribution in [2.45, 2.75) is 31.8 Å². The molecule has 1 aliphatic rings. The molecule has 2 rings (SSSR count). The van der Waals surface area contributed by atoms with Gasteiger partial charge in [-0.3, -0.25) is 14.3 Å². The van der Waals surface area contributed by atoms with E-state index in [4.69, 9.17) is 5.11 Å². The van der Waals surface area contributed by atoms with Crippen LogP contribution in [0.15, 0.2) is 12.4 Å². The Kier molecular flexibility index (Phi) is 4.72. The Bertz CT molecular complexity index is 627. The fourth-order valence-corrected chi connectivity index (χ4v) is 2.96. The predicted octanol–water partition coefficient (Wildman–Crippen LogP) is 0.261. The molecule has 0 spiro atoms. The summed E-state index contributed by atoms with van der Waals surface area (Å²) < 4.78 is 1.62. The highest BCUT2D eigenvalue weighted by Gasteiger charge is 2.41. The van der Waals surface area contributed by atoms with Crippen LogP contribution >= 0.6 is 0 Å². The Morgan fingerprint density at radius 2 is 2.09 bits per heavy atom. The van der Waals surface area contributed by atoms with Gasteiger partial charge in [0.25, 0.3) is 0 Å². The van der Waals surface area contributed by atoms with E-state index in [1.54, 1.807) is 36.1 Å². The van der Waals surface area contributed by atoms with Gasteiger partial charge in [-0.25, -0.2) is 4.79 Å². The minimum Gasteiger partial charge on any atom is -0.480 e. The number of rotatable bonds is 4. The van der Waals surface area contributed by atoms with Crippen LogP contribution in [0.3, 0.4) is 0 Å². The number of aryl methyl sites for hydroxylation is 1. The van der Waals surface area contributed by atoms with Crippen LogP contribution in [0.25, 0.3) is 0 Å². The number of piperidine rings is 1. The van der Waals surface area contributed by atoms with E-state index in [9.17, 15) is 14.4 Å². The monoisotopic (exact) mass is 322 g/mol. The highest BCUT2D eigenvalue weighted by atomic mass is 16.4. The molecule has 1 saturated heterocycles.